The maximum Gasteiger partial charge on any atom is 0.241 e. The standard InChI is InChI=1S/C21H18N2O2S/c22-16-18-10-7-13-20(14-18)26(24,25)23-21(19-11-5-2-6-12-19)15-17-8-3-1-4-9-17/h1-14,21,23H,15H2/t21-/m0/s1. The smallest absolute Gasteiger partial charge is 0.207 e. The largest absolute Gasteiger partial charge is 0.241 e. The number of sulfonamides is 1. The molecular formula is C21H18N2O2S. The summed E-state index contributed by atoms with van der Waals surface area (Å²) in [4.78, 5) is 0.0885. The second-order valence-electron chi connectivity index (χ2n) is 5.91. The van der Waals surface area contributed by atoms with Crippen LogP contribution in [0.5, 0.6) is 0 Å². The van der Waals surface area contributed by atoms with Crippen molar-refractivity contribution in [3.8, 4) is 6.07 Å². The molecule has 1 N–H and O–H groups in total. The van der Waals surface area contributed by atoms with Crippen LogP contribution in [0.3, 0.4) is 0 Å². The number of hydrogen-bond donors (Lipinski definition) is 1. The van der Waals surface area contributed by atoms with Gasteiger partial charge in [-0.1, -0.05) is 66.7 Å². The van der Waals surface area contributed by atoms with Gasteiger partial charge in [0.2, 0.25) is 10.0 Å². The molecule has 0 aliphatic carbocycles. The monoisotopic (exact) mass is 362 g/mol. The van der Waals surface area contributed by atoms with E-state index in [2.05, 4.69) is 4.72 Å². The fraction of sp³-hybridized carbons (Fsp3) is 0.0952. The zero-order chi connectivity index (χ0) is 18.4. The zero-order valence-corrected chi connectivity index (χ0v) is 14.9. The molecule has 0 radical (unpaired) electrons. The summed E-state index contributed by atoms with van der Waals surface area (Å²) in [7, 11) is -3.76. The predicted octanol–water partition coefficient (Wildman–Crippen LogP) is 3.82. The van der Waals surface area contributed by atoms with E-state index in [9.17, 15) is 8.42 Å². The van der Waals surface area contributed by atoms with Gasteiger partial charge in [-0.25, -0.2) is 13.1 Å². The molecule has 1 atom stereocenters. The van der Waals surface area contributed by atoms with Gasteiger partial charge in [-0.2, -0.15) is 5.26 Å². The number of benzene rings is 3. The number of hydrogen-bond acceptors (Lipinski definition) is 3. The highest BCUT2D eigenvalue weighted by molar-refractivity contribution is 7.89. The summed E-state index contributed by atoms with van der Waals surface area (Å²) in [6.45, 7) is 0. The Balaban J connectivity index is 1.93. The normalized spacial score (nSPS) is 12.3. The fourth-order valence-corrected chi connectivity index (χ4v) is 4.02. The van der Waals surface area contributed by atoms with Crippen molar-refractivity contribution in [1.29, 1.82) is 5.26 Å². The van der Waals surface area contributed by atoms with Gasteiger partial charge in [-0.05, 0) is 35.7 Å². The summed E-state index contributed by atoms with van der Waals surface area (Å²) in [5.41, 5.74) is 2.23. The Morgan fingerprint density at radius 3 is 2.19 bits per heavy atom. The molecule has 0 bridgehead atoms. The third-order valence-electron chi connectivity index (χ3n) is 4.06. The minimum Gasteiger partial charge on any atom is -0.207 e. The highest BCUT2D eigenvalue weighted by Gasteiger charge is 2.22. The fourth-order valence-electron chi connectivity index (χ4n) is 2.75. The van der Waals surface area contributed by atoms with Gasteiger partial charge in [0.25, 0.3) is 0 Å². The molecule has 0 aliphatic heterocycles. The van der Waals surface area contributed by atoms with Crippen LogP contribution in [0.4, 0.5) is 0 Å². The highest BCUT2D eigenvalue weighted by Crippen LogP contribution is 2.22. The van der Waals surface area contributed by atoms with Gasteiger partial charge in [-0.3, -0.25) is 0 Å². The first-order valence-electron chi connectivity index (χ1n) is 8.20. The number of rotatable bonds is 6. The summed E-state index contributed by atoms with van der Waals surface area (Å²) in [6, 6.07) is 26.8. The van der Waals surface area contributed by atoms with Crippen molar-refractivity contribution in [2.45, 2.75) is 17.4 Å². The van der Waals surface area contributed by atoms with Crippen molar-refractivity contribution < 1.29 is 8.42 Å². The van der Waals surface area contributed by atoms with Crippen molar-refractivity contribution in [2.24, 2.45) is 0 Å². The maximum atomic E-state index is 12.9. The molecule has 0 amide bonds. The first kappa shape index (κ1) is 17.9. The van der Waals surface area contributed by atoms with Crippen molar-refractivity contribution in [3.63, 3.8) is 0 Å². The van der Waals surface area contributed by atoms with E-state index in [-0.39, 0.29) is 4.90 Å². The lowest BCUT2D eigenvalue weighted by molar-refractivity contribution is 0.555. The van der Waals surface area contributed by atoms with E-state index in [0.717, 1.165) is 11.1 Å². The molecule has 0 aromatic heterocycles. The summed E-state index contributed by atoms with van der Waals surface area (Å²) < 4.78 is 28.5. The molecule has 3 aromatic rings. The van der Waals surface area contributed by atoms with Crippen LogP contribution in [-0.2, 0) is 16.4 Å². The van der Waals surface area contributed by atoms with Crippen LogP contribution in [0, 0.1) is 11.3 Å². The van der Waals surface area contributed by atoms with Crippen molar-refractivity contribution in [2.75, 3.05) is 0 Å². The van der Waals surface area contributed by atoms with E-state index >= 15 is 0 Å². The Morgan fingerprint density at radius 2 is 1.54 bits per heavy atom. The van der Waals surface area contributed by atoms with Crippen LogP contribution in [0.25, 0.3) is 0 Å². The molecule has 0 saturated carbocycles. The summed E-state index contributed by atoms with van der Waals surface area (Å²) in [5.74, 6) is 0. The van der Waals surface area contributed by atoms with Crippen molar-refractivity contribution in [1.82, 2.24) is 4.72 Å². The summed E-state index contributed by atoms with van der Waals surface area (Å²) in [5, 5.41) is 9.02. The van der Waals surface area contributed by atoms with E-state index < -0.39 is 16.1 Å². The van der Waals surface area contributed by atoms with Crippen LogP contribution in [0.2, 0.25) is 0 Å². The molecule has 0 heterocycles. The van der Waals surface area contributed by atoms with Gasteiger partial charge in [0.15, 0.2) is 0 Å². The van der Waals surface area contributed by atoms with Gasteiger partial charge in [-0.15, -0.1) is 0 Å². The summed E-state index contributed by atoms with van der Waals surface area (Å²) >= 11 is 0. The molecule has 0 aliphatic rings. The van der Waals surface area contributed by atoms with Crippen molar-refractivity contribution >= 4 is 10.0 Å². The predicted molar refractivity (Wildman–Crippen MR) is 101 cm³/mol. The maximum absolute atomic E-state index is 12.9. The minimum absolute atomic E-state index is 0.0885. The molecule has 130 valence electrons. The van der Waals surface area contributed by atoms with Gasteiger partial charge < -0.3 is 0 Å². The SMILES string of the molecule is N#Cc1cccc(S(=O)(=O)N[C@@H](Cc2ccccc2)c2ccccc2)c1. The average Bonchev–Trinajstić information content (AvgIpc) is 2.69. The highest BCUT2D eigenvalue weighted by atomic mass is 32.2. The molecule has 3 aromatic carbocycles. The Bertz CT molecular complexity index is 1010. The van der Waals surface area contributed by atoms with Crippen molar-refractivity contribution in [3.05, 3.63) is 102 Å². The summed E-state index contributed by atoms with van der Waals surface area (Å²) in [6.07, 6.45) is 0.530. The quantitative estimate of drug-likeness (QED) is 0.725. The first-order valence-corrected chi connectivity index (χ1v) is 9.68. The molecule has 5 heteroatoms. The minimum atomic E-state index is -3.76. The van der Waals surface area contributed by atoms with E-state index in [0.29, 0.717) is 12.0 Å². The number of nitrogens with one attached hydrogen (secondary N) is 1. The number of nitriles is 1. The Hall–Kier alpha value is -2.94. The molecule has 26 heavy (non-hydrogen) atoms. The topological polar surface area (TPSA) is 70.0 Å². The first-order chi connectivity index (χ1) is 12.6. The zero-order valence-electron chi connectivity index (χ0n) is 14.0. The van der Waals surface area contributed by atoms with Gasteiger partial charge >= 0.3 is 0 Å². The van der Waals surface area contributed by atoms with Crippen LogP contribution < -0.4 is 4.72 Å². The molecule has 0 unspecified atom stereocenters. The third-order valence-corrected chi connectivity index (χ3v) is 5.52. The molecule has 0 saturated heterocycles. The van der Waals surface area contributed by atoms with E-state index in [1.807, 2.05) is 66.7 Å². The van der Waals surface area contributed by atoms with E-state index in [4.69, 9.17) is 5.26 Å². The molecule has 0 spiro atoms. The Morgan fingerprint density at radius 1 is 0.885 bits per heavy atom. The lowest BCUT2D eigenvalue weighted by atomic mass is 10.00. The van der Waals surface area contributed by atoms with E-state index in [1.165, 1.54) is 12.1 Å². The van der Waals surface area contributed by atoms with Crippen LogP contribution in [-0.4, -0.2) is 8.42 Å². The van der Waals surface area contributed by atoms with Crippen LogP contribution in [0.15, 0.2) is 89.8 Å². The number of nitrogens with zero attached hydrogens (tertiary/aromatic N) is 1. The molecular weight excluding hydrogens is 344 g/mol. The van der Waals surface area contributed by atoms with E-state index in [1.54, 1.807) is 12.1 Å². The second-order valence-corrected chi connectivity index (χ2v) is 7.63. The van der Waals surface area contributed by atoms with Gasteiger partial charge in [0, 0.05) is 0 Å². The van der Waals surface area contributed by atoms with Crippen LogP contribution >= 0.6 is 0 Å². The Kier molecular flexibility index (Phi) is 5.47. The van der Waals surface area contributed by atoms with Crippen LogP contribution in [0.1, 0.15) is 22.7 Å². The molecule has 4 nitrogen and oxygen atoms in total. The van der Waals surface area contributed by atoms with Gasteiger partial charge in [0.05, 0.1) is 22.6 Å². The molecule has 0 fully saturated rings. The Labute approximate surface area is 153 Å². The molecule has 3 rings (SSSR count). The average molecular weight is 362 g/mol. The second kappa shape index (κ2) is 7.96. The lowest BCUT2D eigenvalue weighted by Crippen LogP contribution is -2.30. The third kappa shape index (κ3) is 4.37. The lowest BCUT2D eigenvalue weighted by Gasteiger charge is -2.19. The van der Waals surface area contributed by atoms with Gasteiger partial charge in [0.1, 0.15) is 0 Å².